The molecule has 0 bridgehead atoms. The number of hydrogen-bond donors (Lipinski definition) is 1. The van der Waals surface area contributed by atoms with Gasteiger partial charge in [0.1, 0.15) is 0 Å². The number of amides is 1. The van der Waals surface area contributed by atoms with E-state index in [9.17, 15) is 9.59 Å². The number of hydrogen-bond acceptors (Lipinski definition) is 2. The molecule has 1 saturated heterocycles. The van der Waals surface area contributed by atoms with Crippen molar-refractivity contribution < 1.29 is 14.7 Å². The van der Waals surface area contributed by atoms with Crippen molar-refractivity contribution in [2.75, 3.05) is 13.1 Å². The lowest BCUT2D eigenvalue weighted by molar-refractivity contribution is -0.144. The molecule has 1 aromatic carbocycles. The third-order valence-corrected chi connectivity index (χ3v) is 3.72. The molecule has 1 N–H and O–H groups in total. The van der Waals surface area contributed by atoms with E-state index < -0.39 is 5.97 Å². The Balaban J connectivity index is 1.98. The molecule has 106 valence electrons. The number of carbonyl (C=O) groups is 2. The van der Waals surface area contributed by atoms with Crippen molar-refractivity contribution in [2.24, 2.45) is 5.92 Å². The Hall–Kier alpha value is -2.10. The second-order valence-corrected chi connectivity index (χ2v) is 5.13. The van der Waals surface area contributed by atoms with E-state index in [1.165, 1.54) is 0 Å². The fourth-order valence-corrected chi connectivity index (χ4v) is 2.41. The summed E-state index contributed by atoms with van der Waals surface area (Å²) in [7, 11) is 0. The SMILES string of the molecule is C/C(=C/C(=O)N1CCC(C(=O)O)CC1)c1ccccc1. The van der Waals surface area contributed by atoms with Crippen molar-refractivity contribution in [1.82, 2.24) is 4.90 Å². The zero-order valence-electron chi connectivity index (χ0n) is 11.6. The average Bonchev–Trinajstić information content (AvgIpc) is 2.48. The molecular weight excluding hydrogens is 254 g/mol. The van der Waals surface area contributed by atoms with Gasteiger partial charge in [-0.3, -0.25) is 9.59 Å². The molecular formula is C16H19NO3. The van der Waals surface area contributed by atoms with Crippen molar-refractivity contribution in [3.8, 4) is 0 Å². The van der Waals surface area contributed by atoms with E-state index >= 15 is 0 Å². The van der Waals surface area contributed by atoms with Crippen molar-refractivity contribution >= 4 is 17.4 Å². The summed E-state index contributed by atoms with van der Waals surface area (Å²) >= 11 is 0. The van der Waals surface area contributed by atoms with Crippen molar-refractivity contribution in [1.29, 1.82) is 0 Å². The monoisotopic (exact) mass is 273 g/mol. The van der Waals surface area contributed by atoms with Gasteiger partial charge in [0.2, 0.25) is 5.91 Å². The molecule has 1 heterocycles. The first-order chi connectivity index (χ1) is 9.58. The second-order valence-electron chi connectivity index (χ2n) is 5.13. The predicted molar refractivity (Wildman–Crippen MR) is 77.0 cm³/mol. The summed E-state index contributed by atoms with van der Waals surface area (Å²) < 4.78 is 0. The van der Waals surface area contributed by atoms with Gasteiger partial charge in [-0.05, 0) is 30.9 Å². The maximum atomic E-state index is 12.2. The molecule has 1 aliphatic rings. The molecule has 0 saturated carbocycles. The summed E-state index contributed by atoms with van der Waals surface area (Å²) in [5, 5.41) is 8.94. The zero-order valence-corrected chi connectivity index (χ0v) is 11.6. The van der Waals surface area contributed by atoms with E-state index in [-0.39, 0.29) is 11.8 Å². The lowest BCUT2D eigenvalue weighted by Crippen LogP contribution is -2.39. The fourth-order valence-electron chi connectivity index (χ4n) is 2.41. The van der Waals surface area contributed by atoms with Crippen LogP contribution < -0.4 is 0 Å². The van der Waals surface area contributed by atoms with Crippen molar-refractivity contribution in [2.45, 2.75) is 19.8 Å². The summed E-state index contributed by atoms with van der Waals surface area (Å²) in [4.78, 5) is 24.8. The van der Waals surface area contributed by atoms with Crippen LogP contribution in [0.5, 0.6) is 0 Å². The van der Waals surface area contributed by atoms with Crippen LogP contribution in [0.3, 0.4) is 0 Å². The van der Waals surface area contributed by atoms with E-state index in [0.29, 0.717) is 25.9 Å². The Morgan fingerprint density at radius 3 is 2.35 bits per heavy atom. The number of aliphatic carboxylic acids is 1. The molecule has 1 aliphatic heterocycles. The molecule has 0 aromatic heterocycles. The molecule has 1 fully saturated rings. The van der Waals surface area contributed by atoms with Gasteiger partial charge in [0.15, 0.2) is 0 Å². The highest BCUT2D eigenvalue weighted by molar-refractivity contribution is 5.95. The van der Waals surface area contributed by atoms with Crippen LogP contribution >= 0.6 is 0 Å². The summed E-state index contributed by atoms with van der Waals surface area (Å²) in [6.07, 6.45) is 2.72. The highest BCUT2D eigenvalue weighted by atomic mass is 16.4. The minimum Gasteiger partial charge on any atom is -0.481 e. The quantitative estimate of drug-likeness (QED) is 0.860. The molecule has 0 unspecified atom stereocenters. The smallest absolute Gasteiger partial charge is 0.306 e. The number of allylic oxidation sites excluding steroid dienone is 1. The predicted octanol–water partition coefficient (Wildman–Crippen LogP) is 2.41. The summed E-state index contributed by atoms with van der Waals surface area (Å²) in [5.41, 5.74) is 1.96. The number of carboxylic acids is 1. The van der Waals surface area contributed by atoms with E-state index in [2.05, 4.69) is 0 Å². The Kier molecular flexibility index (Phi) is 4.56. The summed E-state index contributed by atoms with van der Waals surface area (Å²) in [6.45, 7) is 2.96. The standard InChI is InChI=1S/C16H19NO3/c1-12(13-5-3-2-4-6-13)11-15(18)17-9-7-14(8-10-17)16(19)20/h2-6,11,14H,7-10H2,1H3,(H,19,20)/b12-11-. The molecule has 4 heteroatoms. The van der Waals surface area contributed by atoms with Crippen LogP contribution in [0.4, 0.5) is 0 Å². The fraction of sp³-hybridized carbons (Fsp3) is 0.375. The Bertz CT molecular complexity index is 514. The molecule has 1 aromatic rings. The Labute approximate surface area is 118 Å². The lowest BCUT2D eigenvalue weighted by atomic mass is 9.97. The number of carboxylic acid groups (broad SMARTS) is 1. The first-order valence-electron chi connectivity index (χ1n) is 6.83. The summed E-state index contributed by atoms with van der Waals surface area (Å²) in [5.74, 6) is -1.10. The topological polar surface area (TPSA) is 57.6 Å². The largest absolute Gasteiger partial charge is 0.481 e. The summed E-state index contributed by atoms with van der Waals surface area (Å²) in [6, 6.07) is 9.76. The Morgan fingerprint density at radius 2 is 1.80 bits per heavy atom. The van der Waals surface area contributed by atoms with Crippen LogP contribution in [0, 0.1) is 5.92 Å². The van der Waals surface area contributed by atoms with Gasteiger partial charge in [0.05, 0.1) is 5.92 Å². The first-order valence-corrected chi connectivity index (χ1v) is 6.83. The molecule has 2 rings (SSSR count). The van der Waals surface area contributed by atoms with Crippen LogP contribution in [0.25, 0.3) is 5.57 Å². The third kappa shape index (κ3) is 3.47. The minimum absolute atomic E-state index is 0.0322. The molecule has 0 radical (unpaired) electrons. The molecule has 0 aliphatic carbocycles. The molecule has 1 amide bonds. The number of likely N-dealkylation sites (tertiary alicyclic amines) is 1. The first kappa shape index (κ1) is 14.3. The normalized spacial score (nSPS) is 17.1. The van der Waals surface area contributed by atoms with Gasteiger partial charge in [-0.2, -0.15) is 0 Å². The molecule has 4 nitrogen and oxygen atoms in total. The maximum Gasteiger partial charge on any atom is 0.306 e. The van der Waals surface area contributed by atoms with Gasteiger partial charge in [-0.25, -0.2) is 0 Å². The maximum absolute atomic E-state index is 12.2. The number of benzene rings is 1. The Morgan fingerprint density at radius 1 is 1.20 bits per heavy atom. The van der Waals surface area contributed by atoms with E-state index in [4.69, 9.17) is 5.11 Å². The van der Waals surface area contributed by atoms with Gasteiger partial charge < -0.3 is 10.0 Å². The van der Waals surface area contributed by atoms with Crippen molar-refractivity contribution in [3.63, 3.8) is 0 Å². The van der Waals surface area contributed by atoms with Gasteiger partial charge in [-0.15, -0.1) is 0 Å². The van der Waals surface area contributed by atoms with Crippen LogP contribution in [0.1, 0.15) is 25.3 Å². The second kappa shape index (κ2) is 6.37. The highest BCUT2D eigenvalue weighted by Crippen LogP contribution is 2.19. The number of piperidine rings is 1. The number of carbonyl (C=O) groups excluding carboxylic acids is 1. The van der Waals surface area contributed by atoms with Crippen LogP contribution in [-0.2, 0) is 9.59 Å². The van der Waals surface area contributed by atoms with Crippen LogP contribution in [0.2, 0.25) is 0 Å². The molecule has 0 spiro atoms. The average molecular weight is 273 g/mol. The van der Waals surface area contributed by atoms with Gasteiger partial charge in [0.25, 0.3) is 0 Å². The van der Waals surface area contributed by atoms with Crippen LogP contribution in [0.15, 0.2) is 36.4 Å². The van der Waals surface area contributed by atoms with Crippen molar-refractivity contribution in [3.05, 3.63) is 42.0 Å². The zero-order chi connectivity index (χ0) is 14.5. The van der Waals surface area contributed by atoms with Gasteiger partial charge >= 0.3 is 5.97 Å². The third-order valence-electron chi connectivity index (χ3n) is 3.72. The number of rotatable bonds is 3. The molecule has 20 heavy (non-hydrogen) atoms. The molecule has 0 atom stereocenters. The van der Waals surface area contributed by atoms with Gasteiger partial charge in [0, 0.05) is 19.2 Å². The van der Waals surface area contributed by atoms with E-state index in [1.807, 2.05) is 37.3 Å². The number of nitrogens with zero attached hydrogens (tertiary/aromatic N) is 1. The minimum atomic E-state index is -0.756. The van der Waals surface area contributed by atoms with E-state index in [1.54, 1.807) is 11.0 Å². The highest BCUT2D eigenvalue weighted by Gasteiger charge is 2.26. The van der Waals surface area contributed by atoms with E-state index in [0.717, 1.165) is 11.1 Å². The lowest BCUT2D eigenvalue weighted by Gasteiger charge is -2.29. The van der Waals surface area contributed by atoms with Gasteiger partial charge in [-0.1, -0.05) is 30.3 Å². The van der Waals surface area contributed by atoms with Crippen LogP contribution in [-0.4, -0.2) is 35.0 Å².